The summed E-state index contributed by atoms with van der Waals surface area (Å²) in [5.74, 6) is 0.132. The third-order valence-corrected chi connectivity index (χ3v) is 11.4. The van der Waals surface area contributed by atoms with Crippen LogP contribution in [0, 0.1) is 17.8 Å². The molecule has 2 aliphatic rings. The highest BCUT2D eigenvalue weighted by atomic mass is 32.2. The predicted molar refractivity (Wildman–Crippen MR) is 190 cm³/mol. The first-order valence-electron chi connectivity index (χ1n) is 16.6. The molecule has 1 aliphatic carbocycles. The Morgan fingerprint density at radius 2 is 1.34 bits per heavy atom. The molecule has 1 saturated carbocycles. The normalized spacial score (nSPS) is 24.0. The van der Waals surface area contributed by atoms with Crippen LogP contribution in [0.1, 0.15) is 67.1 Å². The summed E-state index contributed by atoms with van der Waals surface area (Å²) in [6.45, 7) is 6.60. The molecule has 242 valence electrons. The maximum absolute atomic E-state index is 14.8. The number of esters is 1. The zero-order chi connectivity index (χ0) is 32.9. The van der Waals surface area contributed by atoms with E-state index >= 15 is 0 Å². The van der Waals surface area contributed by atoms with Crippen LogP contribution in [0.2, 0.25) is 0 Å². The lowest BCUT2D eigenvalue weighted by Gasteiger charge is -2.42. The summed E-state index contributed by atoms with van der Waals surface area (Å²) in [7, 11) is 0. The summed E-state index contributed by atoms with van der Waals surface area (Å²) in [5, 5.41) is 6.96. The third-order valence-electron chi connectivity index (χ3n) is 9.61. The van der Waals surface area contributed by atoms with E-state index in [1.807, 2.05) is 72.8 Å². The lowest BCUT2D eigenvalue weighted by molar-refractivity contribution is -0.164. The Balaban J connectivity index is 1.47. The molecule has 0 aromatic heterocycles. The van der Waals surface area contributed by atoms with Gasteiger partial charge in [0.2, 0.25) is 5.66 Å². The van der Waals surface area contributed by atoms with Crippen molar-refractivity contribution in [3.63, 3.8) is 0 Å². The standard InChI is InChI=1S/C40H43N3O3S/c1-28(2)34-25-24-29(3)26-35(34)46-38(45)40(42-37(44)30-16-8-4-9-17-30)36(27-41-43-40)47-39(31-18-10-5-11-19-31,32-20-12-6-13-21-32)33-22-14-7-15-23-33/h4-23,27-29,34-36,43H,24-26H2,1-3H3,(H,42,44)/t29-,34+,35-,36-,40+/m1/s1. The maximum atomic E-state index is 14.8. The Bertz CT molecular complexity index is 1570. The molecule has 1 aliphatic heterocycles. The van der Waals surface area contributed by atoms with E-state index in [-0.39, 0.29) is 17.9 Å². The molecule has 5 atom stereocenters. The van der Waals surface area contributed by atoms with Gasteiger partial charge in [-0.15, -0.1) is 11.8 Å². The summed E-state index contributed by atoms with van der Waals surface area (Å²) in [5.41, 5.74) is 5.00. The molecule has 0 bridgehead atoms. The highest BCUT2D eigenvalue weighted by Gasteiger charge is 2.56. The number of thioether (sulfide) groups is 1. The Morgan fingerprint density at radius 3 is 1.85 bits per heavy atom. The van der Waals surface area contributed by atoms with E-state index in [1.165, 1.54) is 0 Å². The molecule has 6 rings (SSSR count). The molecule has 4 aromatic carbocycles. The van der Waals surface area contributed by atoms with E-state index < -0.39 is 21.6 Å². The minimum atomic E-state index is -1.66. The number of hydrogen-bond donors (Lipinski definition) is 2. The summed E-state index contributed by atoms with van der Waals surface area (Å²) in [4.78, 5) is 28.7. The molecule has 2 N–H and O–H groups in total. The summed E-state index contributed by atoms with van der Waals surface area (Å²) >= 11 is 1.57. The number of carbonyl (C=O) groups excluding carboxylic acids is 2. The van der Waals surface area contributed by atoms with E-state index in [2.05, 4.69) is 73.0 Å². The molecule has 6 nitrogen and oxygen atoms in total. The van der Waals surface area contributed by atoms with Gasteiger partial charge in [-0.3, -0.25) is 10.2 Å². The molecule has 7 heteroatoms. The van der Waals surface area contributed by atoms with Crippen molar-refractivity contribution in [2.24, 2.45) is 22.9 Å². The summed E-state index contributed by atoms with van der Waals surface area (Å²) < 4.78 is 5.74. The minimum absolute atomic E-state index is 0.238. The molecule has 0 unspecified atom stereocenters. The molecule has 0 radical (unpaired) electrons. The van der Waals surface area contributed by atoms with Crippen molar-refractivity contribution in [1.29, 1.82) is 0 Å². The molecule has 1 fully saturated rings. The molecule has 47 heavy (non-hydrogen) atoms. The second kappa shape index (κ2) is 14.2. The molecular formula is C40H43N3O3S. The van der Waals surface area contributed by atoms with Gasteiger partial charge >= 0.3 is 5.97 Å². The van der Waals surface area contributed by atoms with Gasteiger partial charge in [0.05, 0.1) is 10.00 Å². The number of nitrogens with zero attached hydrogens (tertiary/aromatic N) is 1. The first kappa shape index (κ1) is 32.6. The van der Waals surface area contributed by atoms with Gasteiger partial charge in [0.25, 0.3) is 5.91 Å². The van der Waals surface area contributed by atoms with Crippen molar-refractivity contribution >= 4 is 29.9 Å². The van der Waals surface area contributed by atoms with Gasteiger partial charge in [-0.05, 0) is 59.4 Å². The van der Waals surface area contributed by atoms with Crippen molar-refractivity contribution < 1.29 is 14.3 Å². The van der Waals surface area contributed by atoms with Crippen molar-refractivity contribution in [3.8, 4) is 0 Å². The van der Waals surface area contributed by atoms with Crippen LogP contribution in [-0.4, -0.2) is 35.1 Å². The lowest BCUT2D eigenvalue weighted by Crippen LogP contribution is -2.67. The Morgan fingerprint density at radius 1 is 0.830 bits per heavy atom. The minimum Gasteiger partial charge on any atom is -0.459 e. The predicted octanol–water partition coefficient (Wildman–Crippen LogP) is 7.80. The first-order valence-corrected chi connectivity index (χ1v) is 17.4. The zero-order valence-corrected chi connectivity index (χ0v) is 28.0. The fraction of sp³-hybridized carbons (Fsp3) is 0.325. The van der Waals surface area contributed by atoms with Crippen LogP contribution < -0.4 is 10.7 Å². The quantitative estimate of drug-likeness (QED) is 0.136. The molecule has 0 spiro atoms. The number of amides is 1. The average Bonchev–Trinajstić information content (AvgIpc) is 3.51. The number of nitrogens with one attached hydrogen (secondary N) is 2. The second-order valence-electron chi connectivity index (χ2n) is 13.1. The van der Waals surface area contributed by atoms with Crippen molar-refractivity contribution in [2.75, 3.05) is 0 Å². The van der Waals surface area contributed by atoms with E-state index in [0.717, 1.165) is 36.0 Å². The topological polar surface area (TPSA) is 79.8 Å². The van der Waals surface area contributed by atoms with Crippen LogP contribution in [-0.2, 0) is 14.3 Å². The third kappa shape index (κ3) is 6.59. The number of hydrogen-bond acceptors (Lipinski definition) is 6. The van der Waals surface area contributed by atoms with Crippen LogP contribution in [0.5, 0.6) is 0 Å². The Kier molecular flexibility index (Phi) is 9.83. The van der Waals surface area contributed by atoms with Gasteiger partial charge in [0.1, 0.15) is 6.10 Å². The Labute approximate surface area is 282 Å². The van der Waals surface area contributed by atoms with Crippen molar-refractivity contribution in [1.82, 2.24) is 10.7 Å². The van der Waals surface area contributed by atoms with E-state index in [4.69, 9.17) is 4.74 Å². The fourth-order valence-corrected chi connectivity index (χ4v) is 8.75. The second-order valence-corrected chi connectivity index (χ2v) is 14.5. The van der Waals surface area contributed by atoms with Crippen molar-refractivity contribution in [3.05, 3.63) is 144 Å². The maximum Gasteiger partial charge on any atom is 0.356 e. The van der Waals surface area contributed by atoms with Crippen LogP contribution in [0.15, 0.2) is 126 Å². The van der Waals surface area contributed by atoms with Gasteiger partial charge < -0.3 is 10.1 Å². The molecule has 4 aromatic rings. The zero-order valence-electron chi connectivity index (χ0n) is 27.2. The van der Waals surface area contributed by atoms with E-state index in [0.29, 0.717) is 17.4 Å². The van der Waals surface area contributed by atoms with Gasteiger partial charge in [0, 0.05) is 11.8 Å². The number of benzene rings is 4. The SMILES string of the molecule is CC(C)[C@@H]1CC[C@@H](C)C[C@H]1OC(=O)[C@@]1(NC(=O)c2ccccc2)NN=C[C@H]1SC(c1ccccc1)(c1ccccc1)c1ccccc1. The van der Waals surface area contributed by atoms with Gasteiger partial charge in [0.15, 0.2) is 0 Å². The monoisotopic (exact) mass is 645 g/mol. The Hall–Kier alpha value is -4.36. The van der Waals surface area contributed by atoms with Crippen LogP contribution in [0.25, 0.3) is 0 Å². The number of ether oxygens (including phenoxy) is 1. The fourth-order valence-electron chi connectivity index (χ4n) is 7.05. The van der Waals surface area contributed by atoms with Gasteiger partial charge in [-0.2, -0.15) is 5.10 Å². The number of rotatable bonds is 10. The van der Waals surface area contributed by atoms with E-state index in [1.54, 1.807) is 30.1 Å². The summed E-state index contributed by atoms with van der Waals surface area (Å²) in [6, 6.07) is 39.9. The van der Waals surface area contributed by atoms with Crippen LogP contribution in [0.3, 0.4) is 0 Å². The largest absolute Gasteiger partial charge is 0.459 e. The smallest absolute Gasteiger partial charge is 0.356 e. The average molecular weight is 646 g/mol. The molecule has 1 heterocycles. The molecule has 0 saturated heterocycles. The lowest BCUT2D eigenvalue weighted by atomic mass is 9.75. The number of carbonyl (C=O) groups is 2. The molecule has 1 amide bonds. The highest BCUT2D eigenvalue weighted by molar-refractivity contribution is 8.02. The van der Waals surface area contributed by atoms with Crippen LogP contribution in [0.4, 0.5) is 0 Å². The van der Waals surface area contributed by atoms with Gasteiger partial charge in [-0.1, -0.05) is 136 Å². The molecular weight excluding hydrogens is 603 g/mol. The highest BCUT2D eigenvalue weighted by Crippen LogP contribution is 2.52. The van der Waals surface area contributed by atoms with Crippen molar-refractivity contribution in [2.45, 2.75) is 61.8 Å². The van der Waals surface area contributed by atoms with Crippen LogP contribution >= 0.6 is 11.8 Å². The van der Waals surface area contributed by atoms with Gasteiger partial charge in [-0.25, -0.2) is 4.79 Å². The first-order chi connectivity index (χ1) is 22.8. The number of hydrazone groups is 1. The van der Waals surface area contributed by atoms with E-state index in [9.17, 15) is 9.59 Å². The summed E-state index contributed by atoms with van der Waals surface area (Å²) in [6.07, 6.45) is 4.39.